The zero-order valence-corrected chi connectivity index (χ0v) is 11.2. The minimum atomic E-state index is 0.420. The zero-order chi connectivity index (χ0) is 12.0. The van der Waals surface area contributed by atoms with E-state index in [1.54, 1.807) is 0 Å². The first kappa shape index (κ1) is 13.5. The van der Waals surface area contributed by atoms with Crippen molar-refractivity contribution in [2.75, 3.05) is 6.54 Å². The van der Waals surface area contributed by atoms with Gasteiger partial charge < -0.3 is 5.32 Å². The van der Waals surface area contributed by atoms with Crippen molar-refractivity contribution in [2.45, 2.75) is 39.7 Å². The first-order chi connectivity index (χ1) is 7.69. The van der Waals surface area contributed by atoms with Crippen LogP contribution in [-0.4, -0.2) is 6.54 Å². The molecule has 0 radical (unpaired) electrons. The third-order valence-electron chi connectivity index (χ3n) is 2.94. The van der Waals surface area contributed by atoms with Crippen molar-refractivity contribution in [2.24, 2.45) is 5.92 Å². The van der Waals surface area contributed by atoms with E-state index in [0.29, 0.717) is 12.0 Å². The number of rotatable bonds is 6. The highest BCUT2D eigenvalue weighted by Gasteiger charge is 2.17. The van der Waals surface area contributed by atoms with Crippen LogP contribution in [0.25, 0.3) is 0 Å². The Morgan fingerprint density at radius 1 is 1.31 bits per heavy atom. The molecule has 16 heavy (non-hydrogen) atoms. The van der Waals surface area contributed by atoms with Gasteiger partial charge in [-0.1, -0.05) is 50.9 Å². The predicted molar refractivity (Wildman–Crippen MR) is 71.9 cm³/mol. The van der Waals surface area contributed by atoms with Crippen molar-refractivity contribution in [1.29, 1.82) is 0 Å². The van der Waals surface area contributed by atoms with E-state index in [9.17, 15) is 0 Å². The molecule has 0 aliphatic carbocycles. The van der Waals surface area contributed by atoms with Gasteiger partial charge in [0.25, 0.3) is 0 Å². The maximum Gasteiger partial charge on any atom is 0.0409 e. The van der Waals surface area contributed by atoms with Gasteiger partial charge in [0.2, 0.25) is 0 Å². The van der Waals surface area contributed by atoms with Crippen LogP contribution in [0.3, 0.4) is 0 Å². The van der Waals surface area contributed by atoms with Gasteiger partial charge in [0.1, 0.15) is 0 Å². The second-order valence-electron chi connectivity index (χ2n) is 4.36. The minimum absolute atomic E-state index is 0.420. The fraction of sp³-hybridized carbons (Fsp3) is 0.571. The normalized spacial score (nSPS) is 14.8. The molecule has 0 aliphatic rings. The Bertz CT molecular complexity index is 311. The van der Waals surface area contributed by atoms with E-state index in [1.165, 1.54) is 18.4 Å². The van der Waals surface area contributed by atoms with Gasteiger partial charge in [0.05, 0.1) is 0 Å². The highest BCUT2D eigenvalue weighted by molar-refractivity contribution is 6.30. The Morgan fingerprint density at radius 2 is 2.06 bits per heavy atom. The molecule has 0 saturated carbocycles. The molecule has 0 spiro atoms. The van der Waals surface area contributed by atoms with Gasteiger partial charge in [0, 0.05) is 11.1 Å². The molecular formula is C14H22ClN. The molecule has 0 bridgehead atoms. The largest absolute Gasteiger partial charge is 0.310 e. The molecule has 0 aliphatic heterocycles. The SMILES string of the molecule is CCCC(C)C(NCC)c1cccc(Cl)c1. The van der Waals surface area contributed by atoms with Crippen molar-refractivity contribution >= 4 is 11.6 Å². The van der Waals surface area contributed by atoms with Gasteiger partial charge in [-0.05, 0) is 36.6 Å². The summed E-state index contributed by atoms with van der Waals surface area (Å²) in [5.41, 5.74) is 1.30. The molecule has 1 rings (SSSR count). The Kier molecular flexibility index (Phi) is 5.86. The van der Waals surface area contributed by atoms with Crippen LogP contribution in [0.15, 0.2) is 24.3 Å². The van der Waals surface area contributed by atoms with Crippen LogP contribution in [0.5, 0.6) is 0 Å². The molecule has 0 fully saturated rings. The van der Waals surface area contributed by atoms with Crippen LogP contribution < -0.4 is 5.32 Å². The van der Waals surface area contributed by atoms with Crippen LogP contribution in [0.4, 0.5) is 0 Å². The van der Waals surface area contributed by atoms with E-state index in [-0.39, 0.29) is 0 Å². The average Bonchev–Trinajstić information content (AvgIpc) is 2.26. The van der Waals surface area contributed by atoms with Crippen LogP contribution in [0.2, 0.25) is 5.02 Å². The summed E-state index contributed by atoms with van der Waals surface area (Å²) in [6.07, 6.45) is 2.47. The summed E-state index contributed by atoms with van der Waals surface area (Å²) in [7, 11) is 0. The summed E-state index contributed by atoms with van der Waals surface area (Å²) < 4.78 is 0. The van der Waals surface area contributed by atoms with Gasteiger partial charge in [-0.2, -0.15) is 0 Å². The predicted octanol–water partition coefficient (Wildman–Crippen LogP) is 4.43. The summed E-state index contributed by atoms with van der Waals surface area (Å²) in [4.78, 5) is 0. The number of nitrogens with one attached hydrogen (secondary N) is 1. The molecule has 1 N–H and O–H groups in total. The van der Waals surface area contributed by atoms with Gasteiger partial charge in [-0.3, -0.25) is 0 Å². The smallest absolute Gasteiger partial charge is 0.0409 e. The molecule has 2 unspecified atom stereocenters. The summed E-state index contributed by atoms with van der Waals surface area (Å²) in [5.74, 6) is 0.642. The average molecular weight is 240 g/mol. The Morgan fingerprint density at radius 3 is 2.62 bits per heavy atom. The molecule has 2 heteroatoms. The number of hydrogen-bond donors (Lipinski definition) is 1. The lowest BCUT2D eigenvalue weighted by Crippen LogP contribution is -2.26. The number of halogens is 1. The second kappa shape index (κ2) is 6.93. The maximum absolute atomic E-state index is 6.04. The topological polar surface area (TPSA) is 12.0 Å². The first-order valence-corrected chi connectivity index (χ1v) is 6.55. The second-order valence-corrected chi connectivity index (χ2v) is 4.79. The molecule has 0 heterocycles. The highest BCUT2D eigenvalue weighted by atomic mass is 35.5. The van der Waals surface area contributed by atoms with Crippen LogP contribution >= 0.6 is 11.6 Å². The lowest BCUT2D eigenvalue weighted by molar-refractivity contribution is 0.369. The van der Waals surface area contributed by atoms with Crippen molar-refractivity contribution in [3.05, 3.63) is 34.9 Å². The van der Waals surface area contributed by atoms with Gasteiger partial charge >= 0.3 is 0 Å². The van der Waals surface area contributed by atoms with Crippen molar-refractivity contribution in [3.8, 4) is 0 Å². The number of hydrogen-bond acceptors (Lipinski definition) is 1. The number of benzene rings is 1. The standard InChI is InChI=1S/C14H22ClN/c1-4-7-11(3)14(16-5-2)12-8-6-9-13(15)10-12/h6,8-11,14,16H,4-5,7H2,1-3H3. The zero-order valence-electron chi connectivity index (χ0n) is 10.5. The van der Waals surface area contributed by atoms with Gasteiger partial charge in [0.15, 0.2) is 0 Å². The molecule has 0 saturated heterocycles. The first-order valence-electron chi connectivity index (χ1n) is 6.17. The van der Waals surface area contributed by atoms with E-state index in [0.717, 1.165) is 11.6 Å². The molecule has 0 aromatic heterocycles. The fourth-order valence-corrected chi connectivity index (χ4v) is 2.39. The molecular weight excluding hydrogens is 218 g/mol. The molecule has 1 nitrogen and oxygen atoms in total. The van der Waals surface area contributed by atoms with Gasteiger partial charge in [-0.15, -0.1) is 0 Å². The van der Waals surface area contributed by atoms with Crippen LogP contribution in [0.1, 0.15) is 45.2 Å². The van der Waals surface area contributed by atoms with Crippen LogP contribution in [0, 0.1) is 5.92 Å². The molecule has 2 atom stereocenters. The Hall–Kier alpha value is -0.530. The maximum atomic E-state index is 6.04. The summed E-state index contributed by atoms with van der Waals surface area (Å²) in [6.45, 7) is 7.68. The monoisotopic (exact) mass is 239 g/mol. The van der Waals surface area contributed by atoms with Crippen LogP contribution in [-0.2, 0) is 0 Å². The van der Waals surface area contributed by atoms with E-state index >= 15 is 0 Å². The minimum Gasteiger partial charge on any atom is -0.310 e. The lowest BCUT2D eigenvalue weighted by atomic mass is 9.91. The van der Waals surface area contributed by atoms with Gasteiger partial charge in [-0.25, -0.2) is 0 Å². The summed E-state index contributed by atoms with van der Waals surface area (Å²) in [5, 5.41) is 4.38. The summed E-state index contributed by atoms with van der Waals surface area (Å²) in [6, 6.07) is 8.61. The van der Waals surface area contributed by atoms with E-state index in [1.807, 2.05) is 12.1 Å². The Balaban J connectivity index is 2.83. The quantitative estimate of drug-likeness (QED) is 0.775. The van der Waals surface area contributed by atoms with E-state index in [2.05, 4.69) is 38.2 Å². The van der Waals surface area contributed by atoms with Crippen molar-refractivity contribution < 1.29 is 0 Å². The third-order valence-corrected chi connectivity index (χ3v) is 3.18. The fourth-order valence-electron chi connectivity index (χ4n) is 2.19. The Labute approximate surface area is 104 Å². The molecule has 1 aromatic carbocycles. The van der Waals surface area contributed by atoms with Crippen molar-refractivity contribution in [3.63, 3.8) is 0 Å². The molecule has 1 aromatic rings. The highest BCUT2D eigenvalue weighted by Crippen LogP contribution is 2.27. The third kappa shape index (κ3) is 3.80. The molecule has 0 amide bonds. The molecule has 90 valence electrons. The van der Waals surface area contributed by atoms with E-state index in [4.69, 9.17) is 11.6 Å². The summed E-state index contributed by atoms with van der Waals surface area (Å²) >= 11 is 6.04. The van der Waals surface area contributed by atoms with E-state index < -0.39 is 0 Å². The van der Waals surface area contributed by atoms with Crippen molar-refractivity contribution in [1.82, 2.24) is 5.32 Å². The lowest BCUT2D eigenvalue weighted by Gasteiger charge is -2.25.